The van der Waals surface area contributed by atoms with Crippen molar-refractivity contribution in [3.63, 3.8) is 0 Å². The van der Waals surface area contributed by atoms with Crippen molar-refractivity contribution in [2.24, 2.45) is 17.1 Å². The third-order valence-corrected chi connectivity index (χ3v) is 4.26. The summed E-state index contributed by atoms with van der Waals surface area (Å²) in [6.07, 6.45) is 3.50. The lowest BCUT2D eigenvalue weighted by Crippen LogP contribution is -2.50. The molecule has 4 nitrogen and oxygen atoms in total. The third-order valence-electron chi connectivity index (χ3n) is 4.26. The van der Waals surface area contributed by atoms with Gasteiger partial charge in [0, 0.05) is 19.7 Å². The highest BCUT2D eigenvalue weighted by Crippen LogP contribution is 2.34. The van der Waals surface area contributed by atoms with E-state index in [1.54, 1.807) is 0 Å². The minimum atomic E-state index is -0.367. The number of carbonyl (C=O) groups is 1. The van der Waals surface area contributed by atoms with Crippen molar-refractivity contribution in [1.82, 2.24) is 4.90 Å². The van der Waals surface area contributed by atoms with Gasteiger partial charge in [0.05, 0.1) is 6.04 Å². The van der Waals surface area contributed by atoms with Crippen molar-refractivity contribution < 1.29 is 9.90 Å². The van der Waals surface area contributed by atoms with E-state index in [0.717, 1.165) is 38.8 Å². The van der Waals surface area contributed by atoms with Crippen LogP contribution < -0.4 is 5.73 Å². The third kappa shape index (κ3) is 3.69. The van der Waals surface area contributed by atoms with Crippen molar-refractivity contribution in [3.05, 3.63) is 0 Å². The number of hydrogen-bond donors (Lipinski definition) is 2. The normalized spacial score (nSPS) is 21.1. The van der Waals surface area contributed by atoms with Crippen LogP contribution in [0.4, 0.5) is 0 Å². The molecule has 1 aliphatic rings. The molecular weight excluding hydrogens is 228 g/mol. The summed E-state index contributed by atoms with van der Waals surface area (Å²) >= 11 is 0. The van der Waals surface area contributed by atoms with E-state index in [1.165, 1.54) is 0 Å². The molecule has 1 rings (SSSR count). The SMILES string of the molecule is CCC1(CO)CCN(C(=O)[C@@H](N)CC(C)C)CC1. The van der Waals surface area contributed by atoms with Crippen LogP contribution in [0.1, 0.15) is 46.5 Å². The number of amides is 1. The summed E-state index contributed by atoms with van der Waals surface area (Å²) in [6.45, 7) is 7.97. The van der Waals surface area contributed by atoms with E-state index < -0.39 is 0 Å². The van der Waals surface area contributed by atoms with E-state index in [9.17, 15) is 9.90 Å². The van der Waals surface area contributed by atoms with Gasteiger partial charge < -0.3 is 15.7 Å². The van der Waals surface area contributed by atoms with Crippen LogP contribution in [0.15, 0.2) is 0 Å². The molecule has 0 bridgehead atoms. The van der Waals surface area contributed by atoms with Gasteiger partial charge in [0.15, 0.2) is 0 Å². The van der Waals surface area contributed by atoms with E-state index >= 15 is 0 Å². The molecule has 1 amide bonds. The fourth-order valence-electron chi connectivity index (χ4n) is 2.67. The summed E-state index contributed by atoms with van der Waals surface area (Å²) in [6, 6.07) is -0.367. The standard InChI is InChI=1S/C14H28N2O2/c1-4-14(10-17)5-7-16(8-6-14)13(18)12(15)9-11(2)3/h11-12,17H,4-10,15H2,1-3H3/t12-/m0/s1. The number of carbonyl (C=O) groups excluding carboxylic acids is 1. The largest absolute Gasteiger partial charge is 0.396 e. The van der Waals surface area contributed by atoms with E-state index in [1.807, 2.05) is 4.90 Å². The topological polar surface area (TPSA) is 66.6 Å². The molecular formula is C14H28N2O2. The van der Waals surface area contributed by atoms with Crippen molar-refractivity contribution in [3.8, 4) is 0 Å². The second-order valence-electron chi connectivity index (χ2n) is 6.07. The first-order valence-electron chi connectivity index (χ1n) is 7.09. The van der Waals surface area contributed by atoms with Gasteiger partial charge in [-0.05, 0) is 37.0 Å². The van der Waals surface area contributed by atoms with Crippen LogP contribution >= 0.6 is 0 Å². The average molecular weight is 256 g/mol. The minimum Gasteiger partial charge on any atom is -0.396 e. The van der Waals surface area contributed by atoms with Gasteiger partial charge in [-0.15, -0.1) is 0 Å². The monoisotopic (exact) mass is 256 g/mol. The Kier molecular flexibility index (Phi) is 5.60. The molecule has 18 heavy (non-hydrogen) atoms. The second kappa shape index (κ2) is 6.53. The molecule has 106 valence electrons. The van der Waals surface area contributed by atoms with Gasteiger partial charge >= 0.3 is 0 Å². The maximum Gasteiger partial charge on any atom is 0.239 e. The Bertz CT molecular complexity index is 265. The highest BCUT2D eigenvalue weighted by atomic mass is 16.3. The van der Waals surface area contributed by atoms with Gasteiger partial charge in [0.1, 0.15) is 0 Å². The van der Waals surface area contributed by atoms with Crippen LogP contribution in [-0.2, 0) is 4.79 Å². The molecule has 0 aromatic heterocycles. The molecule has 0 spiro atoms. The van der Waals surface area contributed by atoms with Crippen LogP contribution in [0, 0.1) is 11.3 Å². The number of rotatable bonds is 5. The number of hydrogen-bond acceptors (Lipinski definition) is 3. The van der Waals surface area contributed by atoms with Crippen LogP contribution in [0.2, 0.25) is 0 Å². The fraction of sp³-hybridized carbons (Fsp3) is 0.929. The number of likely N-dealkylation sites (tertiary alicyclic amines) is 1. The van der Waals surface area contributed by atoms with Crippen LogP contribution in [0.25, 0.3) is 0 Å². The summed E-state index contributed by atoms with van der Waals surface area (Å²) in [5.41, 5.74) is 5.97. The lowest BCUT2D eigenvalue weighted by molar-refractivity contribution is -0.135. The zero-order valence-corrected chi connectivity index (χ0v) is 12.0. The minimum absolute atomic E-state index is 0.0267. The Morgan fingerprint density at radius 3 is 2.33 bits per heavy atom. The molecule has 0 unspecified atom stereocenters. The summed E-state index contributed by atoms with van der Waals surface area (Å²) < 4.78 is 0. The highest BCUT2D eigenvalue weighted by Gasteiger charge is 2.34. The number of nitrogens with zero attached hydrogens (tertiary/aromatic N) is 1. The van der Waals surface area contributed by atoms with Gasteiger partial charge in [0.25, 0.3) is 0 Å². The first-order chi connectivity index (χ1) is 8.44. The van der Waals surface area contributed by atoms with Gasteiger partial charge in [-0.3, -0.25) is 4.79 Å². The molecule has 0 aliphatic carbocycles. The molecule has 0 aromatic rings. The summed E-state index contributed by atoms with van der Waals surface area (Å²) in [7, 11) is 0. The Labute approximate surface area is 111 Å². The summed E-state index contributed by atoms with van der Waals surface area (Å²) in [4.78, 5) is 14.0. The Morgan fingerprint density at radius 1 is 1.39 bits per heavy atom. The van der Waals surface area contributed by atoms with E-state index in [2.05, 4.69) is 20.8 Å². The number of nitrogens with two attached hydrogens (primary N) is 1. The number of aliphatic hydroxyl groups is 1. The number of piperidine rings is 1. The molecule has 0 aromatic carbocycles. The van der Waals surface area contributed by atoms with Gasteiger partial charge in [-0.2, -0.15) is 0 Å². The lowest BCUT2D eigenvalue weighted by Gasteiger charge is -2.41. The lowest BCUT2D eigenvalue weighted by atomic mass is 9.77. The Balaban J connectivity index is 2.49. The molecule has 0 saturated carbocycles. The van der Waals surface area contributed by atoms with Crippen molar-refractivity contribution in [2.75, 3.05) is 19.7 Å². The first-order valence-corrected chi connectivity index (χ1v) is 7.09. The van der Waals surface area contributed by atoms with Gasteiger partial charge in [-0.25, -0.2) is 0 Å². The van der Waals surface area contributed by atoms with Crippen molar-refractivity contribution in [1.29, 1.82) is 0 Å². The fourth-order valence-corrected chi connectivity index (χ4v) is 2.67. The van der Waals surface area contributed by atoms with E-state index in [0.29, 0.717) is 5.92 Å². The summed E-state index contributed by atoms with van der Waals surface area (Å²) in [5.74, 6) is 0.521. The molecule has 1 heterocycles. The molecule has 3 N–H and O–H groups in total. The maximum absolute atomic E-state index is 12.2. The average Bonchev–Trinajstić information content (AvgIpc) is 2.37. The van der Waals surface area contributed by atoms with E-state index in [-0.39, 0.29) is 24.0 Å². The molecule has 1 aliphatic heterocycles. The molecule has 1 saturated heterocycles. The molecule has 4 heteroatoms. The van der Waals surface area contributed by atoms with Crippen LogP contribution in [-0.4, -0.2) is 41.7 Å². The van der Waals surface area contributed by atoms with Gasteiger partial charge in [0.2, 0.25) is 5.91 Å². The van der Waals surface area contributed by atoms with Crippen LogP contribution in [0.3, 0.4) is 0 Å². The van der Waals surface area contributed by atoms with Crippen molar-refractivity contribution in [2.45, 2.75) is 52.5 Å². The predicted molar refractivity (Wildman–Crippen MR) is 73.1 cm³/mol. The second-order valence-corrected chi connectivity index (χ2v) is 6.07. The number of aliphatic hydroxyl groups excluding tert-OH is 1. The predicted octanol–water partition coefficient (Wildman–Crippen LogP) is 1.37. The molecule has 1 fully saturated rings. The molecule has 1 atom stereocenters. The zero-order chi connectivity index (χ0) is 13.8. The Hall–Kier alpha value is -0.610. The zero-order valence-electron chi connectivity index (χ0n) is 12.0. The highest BCUT2D eigenvalue weighted by molar-refractivity contribution is 5.81. The first kappa shape index (κ1) is 15.4. The van der Waals surface area contributed by atoms with Crippen LogP contribution in [0.5, 0.6) is 0 Å². The molecule has 0 radical (unpaired) electrons. The van der Waals surface area contributed by atoms with Crippen molar-refractivity contribution >= 4 is 5.91 Å². The smallest absolute Gasteiger partial charge is 0.239 e. The maximum atomic E-state index is 12.2. The quantitative estimate of drug-likeness (QED) is 0.781. The Morgan fingerprint density at radius 2 is 1.94 bits per heavy atom. The summed E-state index contributed by atoms with van der Waals surface area (Å²) in [5, 5.41) is 9.47. The van der Waals surface area contributed by atoms with E-state index in [4.69, 9.17) is 5.73 Å². The van der Waals surface area contributed by atoms with Gasteiger partial charge in [-0.1, -0.05) is 20.8 Å².